The molecular weight excluding hydrogens is 226 g/mol. The van der Waals surface area contributed by atoms with Gasteiger partial charge in [-0.05, 0) is 35.2 Å². The lowest BCUT2D eigenvalue weighted by molar-refractivity contribution is -0.150. The highest BCUT2D eigenvalue weighted by Gasteiger charge is 2.39. The molecule has 0 radical (unpaired) electrons. The van der Waals surface area contributed by atoms with E-state index in [2.05, 4.69) is 0 Å². The second kappa shape index (κ2) is 4.25. The molecule has 4 nitrogen and oxygen atoms in total. The van der Waals surface area contributed by atoms with Gasteiger partial charge in [0.25, 0.3) is 0 Å². The van der Waals surface area contributed by atoms with Crippen molar-refractivity contribution in [1.29, 1.82) is 0 Å². The smallest absolute Gasteiger partial charge is 0.331 e. The molecule has 0 saturated heterocycles. The van der Waals surface area contributed by atoms with Crippen LogP contribution in [0.15, 0.2) is 16.8 Å². The number of hydrogen-bond donors (Lipinski definition) is 1. The first-order chi connectivity index (χ1) is 7.61. The SMILES string of the molecule is CC(=O)N(C1CC1)C(C(=O)O)c1ccsc1. The number of nitrogens with zero attached hydrogens (tertiary/aromatic N) is 1. The first-order valence-electron chi connectivity index (χ1n) is 5.15. The third-order valence-electron chi connectivity index (χ3n) is 2.67. The lowest BCUT2D eigenvalue weighted by Crippen LogP contribution is -2.39. The van der Waals surface area contributed by atoms with Crippen molar-refractivity contribution in [2.45, 2.75) is 31.8 Å². The number of rotatable bonds is 4. The number of carbonyl (C=O) groups is 2. The van der Waals surface area contributed by atoms with Crippen molar-refractivity contribution in [2.75, 3.05) is 0 Å². The molecule has 5 heteroatoms. The van der Waals surface area contributed by atoms with Gasteiger partial charge in [0.15, 0.2) is 6.04 Å². The molecule has 1 N–H and O–H groups in total. The van der Waals surface area contributed by atoms with E-state index in [1.165, 1.54) is 23.2 Å². The number of carboxylic acids is 1. The Morgan fingerprint density at radius 1 is 1.56 bits per heavy atom. The normalized spacial score (nSPS) is 16.8. The molecule has 1 unspecified atom stereocenters. The standard InChI is InChI=1S/C11H13NO3S/c1-7(13)12(9-2-3-9)10(11(14)15)8-4-5-16-6-8/h4-6,9-10H,2-3H2,1H3,(H,14,15). The Hall–Kier alpha value is -1.36. The molecule has 2 rings (SSSR count). The molecule has 0 aliphatic heterocycles. The molecule has 1 fully saturated rings. The van der Waals surface area contributed by atoms with Gasteiger partial charge in [-0.25, -0.2) is 4.79 Å². The minimum absolute atomic E-state index is 0.110. The zero-order valence-electron chi connectivity index (χ0n) is 8.92. The van der Waals surface area contributed by atoms with Crippen molar-refractivity contribution < 1.29 is 14.7 Å². The van der Waals surface area contributed by atoms with Crippen LogP contribution in [0.1, 0.15) is 31.4 Å². The first-order valence-corrected chi connectivity index (χ1v) is 6.09. The van der Waals surface area contributed by atoms with E-state index >= 15 is 0 Å². The van der Waals surface area contributed by atoms with Crippen LogP contribution in [-0.2, 0) is 9.59 Å². The molecule has 1 amide bonds. The second-order valence-electron chi connectivity index (χ2n) is 3.95. The third kappa shape index (κ3) is 2.09. The summed E-state index contributed by atoms with van der Waals surface area (Å²) < 4.78 is 0. The minimum atomic E-state index is -0.958. The molecular formula is C11H13NO3S. The van der Waals surface area contributed by atoms with Gasteiger partial charge in [-0.15, -0.1) is 0 Å². The highest BCUT2D eigenvalue weighted by Crippen LogP contribution is 2.35. The largest absolute Gasteiger partial charge is 0.479 e. The molecule has 0 spiro atoms. The summed E-state index contributed by atoms with van der Waals surface area (Å²) in [6.07, 6.45) is 1.82. The number of carbonyl (C=O) groups excluding carboxylic acids is 1. The fourth-order valence-corrected chi connectivity index (χ4v) is 2.53. The Morgan fingerprint density at radius 3 is 2.62 bits per heavy atom. The molecule has 0 bridgehead atoms. The number of aliphatic carboxylic acids is 1. The van der Waals surface area contributed by atoms with Gasteiger partial charge in [-0.1, -0.05) is 0 Å². The van der Waals surface area contributed by atoms with Crippen LogP contribution in [0.5, 0.6) is 0 Å². The Morgan fingerprint density at radius 2 is 2.25 bits per heavy atom. The maximum Gasteiger partial charge on any atom is 0.331 e. The average molecular weight is 239 g/mol. The third-order valence-corrected chi connectivity index (χ3v) is 3.38. The van der Waals surface area contributed by atoms with Crippen molar-refractivity contribution in [3.05, 3.63) is 22.4 Å². The van der Waals surface area contributed by atoms with E-state index in [-0.39, 0.29) is 11.9 Å². The summed E-state index contributed by atoms with van der Waals surface area (Å²) in [5, 5.41) is 12.9. The molecule has 1 heterocycles. The first kappa shape index (κ1) is 11.1. The zero-order valence-corrected chi connectivity index (χ0v) is 9.74. The maximum absolute atomic E-state index is 11.5. The van der Waals surface area contributed by atoms with Crippen molar-refractivity contribution in [3.63, 3.8) is 0 Å². The molecule has 16 heavy (non-hydrogen) atoms. The number of hydrogen-bond acceptors (Lipinski definition) is 3. The van der Waals surface area contributed by atoms with Gasteiger partial charge < -0.3 is 10.0 Å². The van der Waals surface area contributed by atoms with E-state index in [1.54, 1.807) is 11.4 Å². The van der Waals surface area contributed by atoms with E-state index < -0.39 is 12.0 Å². The molecule has 1 aliphatic carbocycles. The van der Waals surface area contributed by atoms with Crippen molar-refractivity contribution in [3.8, 4) is 0 Å². The van der Waals surface area contributed by atoms with Gasteiger partial charge in [-0.3, -0.25) is 4.79 Å². The molecule has 1 aliphatic rings. The summed E-state index contributed by atoms with van der Waals surface area (Å²) in [6.45, 7) is 1.43. The second-order valence-corrected chi connectivity index (χ2v) is 4.73. The number of thiophene rings is 1. The van der Waals surface area contributed by atoms with Crippen molar-refractivity contribution >= 4 is 23.2 Å². The van der Waals surface area contributed by atoms with Gasteiger partial charge in [0.1, 0.15) is 0 Å². The summed E-state index contributed by atoms with van der Waals surface area (Å²) in [6, 6.07) is 1.05. The predicted octanol–water partition coefficient (Wildman–Crippen LogP) is 1.88. The topological polar surface area (TPSA) is 57.6 Å². The van der Waals surface area contributed by atoms with Gasteiger partial charge in [-0.2, -0.15) is 11.3 Å². The van der Waals surface area contributed by atoms with Gasteiger partial charge in [0.2, 0.25) is 5.91 Å². The summed E-state index contributed by atoms with van der Waals surface area (Å²) >= 11 is 1.45. The Labute approximate surface area is 97.5 Å². The summed E-state index contributed by atoms with van der Waals surface area (Å²) in [5.41, 5.74) is 0.694. The molecule has 0 aromatic carbocycles. The molecule has 1 atom stereocenters. The fourth-order valence-electron chi connectivity index (χ4n) is 1.86. The molecule has 1 aromatic heterocycles. The Bertz CT molecular complexity index is 397. The van der Waals surface area contributed by atoms with Gasteiger partial charge in [0, 0.05) is 13.0 Å². The average Bonchev–Trinajstić information content (AvgIpc) is 2.89. The quantitative estimate of drug-likeness (QED) is 0.872. The maximum atomic E-state index is 11.5. The van der Waals surface area contributed by atoms with Crippen LogP contribution >= 0.6 is 11.3 Å². The van der Waals surface area contributed by atoms with E-state index in [9.17, 15) is 14.7 Å². The minimum Gasteiger partial charge on any atom is -0.479 e. The van der Waals surface area contributed by atoms with E-state index in [4.69, 9.17) is 0 Å². The van der Waals surface area contributed by atoms with Gasteiger partial charge >= 0.3 is 5.97 Å². The van der Waals surface area contributed by atoms with Crippen LogP contribution in [-0.4, -0.2) is 27.9 Å². The number of amides is 1. The highest BCUT2D eigenvalue weighted by atomic mass is 32.1. The van der Waals surface area contributed by atoms with Crippen LogP contribution in [0.25, 0.3) is 0 Å². The monoisotopic (exact) mass is 239 g/mol. The fraction of sp³-hybridized carbons (Fsp3) is 0.455. The van der Waals surface area contributed by atoms with Crippen LogP contribution in [0.4, 0.5) is 0 Å². The van der Waals surface area contributed by atoms with Crippen LogP contribution in [0, 0.1) is 0 Å². The van der Waals surface area contributed by atoms with E-state index in [0.717, 1.165) is 12.8 Å². The van der Waals surface area contributed by atoms with Crippen LogP contribution in [0.3, 0.4) is 0 Å². The van der Waals surface area contributed by atoms with Crippen LogP contribution in [0.2, 0.25) is 0 Å². The molecule has 86 valence electrons. The van der Waals surface area contributed by atoms with Crippen LogP contribution < -0.4 is 0 Å². The van der Waals surface area contributed by atoms with E-state index in [1.807, 2.05) is 5.38 Å². The predicted molar refractivity (Wildman–Crippen MR) is 60.2 cm³/mol. The Balaban J connectivity index is 2.30. The number of carboxylic acid groups (broad SMARTS) is 1. The summed E-state index contributed by atoms with van der Waals surface area (Å²) in [7, 11) is 0. The lowest BCUT2D eigenvalue weighted by Gasteiger charge is -2.27. The van der Waals surface area contributed by atoms with Crippen molar-refractivity contribution in [2.24, 2.45) is 0 Å². The zero-order chi connectivity index (χ0) is 11.7. The van der Waals surface area contributed by atoms with Crippen molar-refractivity contribution in [1.82, 2.24) is 4.90 Å². The lowest BCUT2D eigenvalue weighted by atomic mass is 10.1. The highest BCUT2D eigenvalue weighted by molar-refractivity contribution is 7.08. The van der Waals surface area contributed by atoms with E-state index in [0.29, 0.717) is 5.56 Å². The summed E-state index contributed by atoms with van der Waals surface area (Å²) in [4.78, 5) is 24.3. The molecule has 1 saturated carbocycles. The molecule has 1 aromatic rings. The summed E-state index contributed by atoms with van der Waals surface area (Å²) in [5.74, 6) is -1.12. The van der Waals surface area contributed by atoms with Gasteiger partial charge in [0.05, 0.1) is 0 Å². The Kier molecular flexibility index (Phi) is 2.96.